The van der Waals surface area contributed by atoms with Crippen molar-refractivity contribution < 1.29 is 9.52 Å². The Bertz CT molecular complexity index is 245. The average molecular weight is 166 g/mol. The Morgan fingerprint density at radius 1 is 1.67 bits per heavy atom. The van der Waals surface area contributed by atoms with Crippen molar-refractivity contribution in [3.63, 3.8) is 0 Å². The van der Waals surface area contributed by atoms with Crippen LogP contribution in [0.5, 0.6) is 0 Å². The third kappa shape index (κ3) is 1.53. The first-order valence-electron chi connectivity index (χ1n) is 4.43. The van der Waals surface area contributed by atoms with E-state index in [4.69, 9.17) is 4.42 Å². The van der Waals surface area contributed by atoms with Gasteiger partial charge in [-0.15, -0.1) is 0 Å². The van der Waals surface area contributed by atoms with Gasteiger partial charge in [0.2, 0.25) is 0 Å². The summed E-state index contributed by atoms with van der Waals surface area (Å²) in [6.07, 6.45) is 4.62. The Balaban J connectivity index is 2.01. The maximum atomic E-state index is 9.97. The van der Waals surface area contributed by atoms with Gasteiger partial charge in [-0.1, -0.05) is 0 Å². The van der Waals surface area contributed by atoms with Crippen molar-refractivity contribution in [3.8, 4) is 0 Å². The van der Waals surface area contributed by atoms with Crippen molar-refractivity contribution in [2.24, 2.45) is 5.92 Å². The summed E-state index contributed by atoms with van der Waals surface area (Å²) in [4.78, 5) is 0. The van der Waals surface area contributed by atoms with Gasteiger partial charge in [-0.3, -0.25) is 0 Å². The molecule has 12 heavy (non-hydrogen) atoms. The minimum Gasteiger partial charge on any atom is -0.469 e. The summed E-state index contributed by atoms with van der Waals surface area (Å²) < 4.78 is 5.19. The fourth-order valence-corrected chi connectivity index (χ4v) is 1.62. The van der Waals surface area contributed by atoms with Crippen LogP contribution >= 0.6 is 0 Å². The number of rotatable bonds is 3. The third-order valence-corrected chi connectivity index (χ3v) is 2.57. The maximum absolute atomic E-state index is 9.97. The van der Waals surface area contributed by atoms with E-state index in [0.717, 1.165) is 18.6 Å². The number of furan rings is 1. The molecule has 1 fully saturated rings. The fourth-order valence-electron chi connectivity index (χ4n) is 1.62. The van der Waals surface area contributed by atoms with Gasteiger partial charge in [-0.25, -0.2) is 0 Å². The van der Waals surface area contributed by atoms with E-state index in [1.165, 1.54) is 0 Å². The van der Waals surface area contributed by atoms with E-state index in [1.54, 1.807) is 6.26 Å². The zero-order chi connectivity index (χ0) is 8.60. The van der Waals surface area contributed by atoms with Crippen LogP contribution in [0.4, 0.5) is 0 Å². The normalized spacial score (nSPS) is 22.2. The Hall–Kier alpha value is -0.760. The molecule has 0 saturated heterocycles. The van der Waals surface area contributed by atoms with Crippen LogP contribution in [0.2, 0.25) is 0 Å². The maximum Gasteiger partial charge on any atom is 0.106 e. The van der Waals surface area contributed by atoms with E-state index in [-0.39, 0.29) is 0 Å². The average Bonchev–Trinajstić information content (AvgIpc) is 2.74. The second kappa shape index (κ2) is 2.63. The minimum absolute atomic E-state index is 0.489. The summed E-state index contributed by atoms with van der Waals surface area (Å²) in [6.45, 7) is 1.90. The SMILES string of the molecule is CC(O)(Cc1ccco1)C1CC1. The van der Waals surface area contributed by atoms with Crippen molar-refractivity contribution in [1.29, 1.82) is 0 Å². The first kappa shape index (κ1) is 7.87. The molecule has 1 aromatic rings. The van der Waals surface area contributed by atoms with E-state index in [2.05, 4.69) is 0 Å². The molecule has 1 atom stereocenters. The highest BCUT2D eigenvalue weighted by Gasteiger charge is 2.40. The smallest absolute Gasteiger partial charge is 0.106 e. The lowest BCUT2D eigenvalue weighted by Crippen LogP contribution is -2.29. The lowest BCUT2D eigenvalue weighted by Gasteiger charge is -2.21. The molecule has 0 radical (unpaired) electrons. The Kier molecular flexibility index (Phi) is 1.72. The molecule has 2 nitrogen and oxygen atoms in total. The number of hydrogen-bond donors (Lipinski definition) is 1. The van der Waals surface area contributed by atoms with Crippen LogP contribution in [0.1, 0.15) is 25.5 Å². The van der Waals surface area contributed by atoms with Crippen LogP contribution in [0.25, 0.3) is 0 Å². The summed E-state index contributed by atoms with van der Waals surface area (Å²) in [7, 11) is 0. The van der Waals surface area contributed by atoms with Crippen molar-refractivity contribution in [3.05, 3.63) is 24.2 Å². The Morgan fingerprint density at radius 2 is 2.42 bits per heavy atom. The summed E-state index contributed by atoms with van der Waals surface area (Å²) in [5.74, 6) is 1.37. The third-order valence-electron chi connectivity index (χ3n) is 2.57. The van der Waals surface area contributed by atoms with Crippen LogP contribution in [0, 0.1) is 5.92 Å². The van der Waals surface area contributed by atoms with E-state index >= 15 is 0 Å². The summed E-state index contributed by atoms with van der Waals surface area (Å²) in [5.41, 5.74) is -0.558. The Morgan fingerprint density at radius 3 is 2.92 bits per heavy atom. The molecule has 1 unspecified atom stereocenters. The van der Waals surface area contributed by atoms with Gasteiger partial charge in [0.05, 0.1) is 11.9 Å². The van der Waals surface area contributed by atoms with Crippen LogP contribution < -0.4 is 0 Å². The molecule has 0 spiro atoms. The molecule has 1 N–H and O–H groups in total. The van der Waals surface area contributed by atoms with Crippen molar-refractivity contribution in [2.45, 2.75) is 31.8 Å². The Labute approximate surface area is 72.2 Å². The molecule has 2 heteroatoms. The molecule has 1 aliphatic carbocycles. The fraction of sp³-hybridized carbons (Fsp3) is 0.600. The summed E-state index contributed by atoms with van der Waals surface area (Å²) in [5, 5.41) is 9.97. The molecule has 1 aromatic heterocycles. The molecule has 2 rings (SSSR count). The first-order valence-corrected chi connectivity index (χ1v) is 4.43. The van der Waals surface area contributed by atoms with E-state index in [9.17, 15) is 5.11 Å². The van der Waals surface area contributed by atoms with Crippen molar-refractivity contribution >= 4 is 0 Å². The van der Waals surface area contributed by atoms with Gasteiger partial charge >= 0.3 is 0 Å². The van der Waals surface area contributed by atoms with Gasteiger partial charge < -0.3 is 9.52 Å². The largest absolute Gasteiger partial charge is 0.469 e. The topological polar surface area (TPSA) is 33.4 Å². The molecule has 0 amide bonds. The molecule has 1 aliphatic rings. The predicted molar refractivity (Wildman–Crippen MR) is 45.8 cm³/mol. The molecular formula is C10H14O2. The second-order valence-corrected chi connectivity index (χ2v) is 3.89. The molecule has 1 heterocycles. The molecule has 66 valence electrons. The molecule has 0 bridgehead atoms. The van der Waals surface area contributed by atoms with Crippen LogP contribution in [0.15, 0.2) is 22.8 Å². The van der Waals surface area contributed by atoms with Crippen LogP contribution in [-0.2, 0) is 6.42 Å². The monoisotopic (exact) mass is 166 g/mol. The summed E-state index contributed by atoms with van der Waals surface area (Å²) in [6, 6.07) is 3.77. The molecular weight excluding hydrogens is 152 g/mol. The van der Waals surface area contributed by atoms with Gasteiger partial charge in [0.1, 0.15) is 5.76 Å². The predicted octanol–water partition coefficient (Wildman–Crippen LogP) is 1.98. The van der Waals surface area contributed by atoms with Gasteiger partial charge in [-0.05, 0) is 37.8 Å². The lowest BCUT2D eigenvalue weighted by molar-refractivity contribution is 0.0323. The number of hydrogen-bond acceptors (Lipinski definition) is 2. The standard InChI is InChI=1S/C10H14O2/c1-10(11,8-4-5-8)7-9-3-2-6-12-9/h2-3,6,8,11H,4-5,7H2,1H3. The quantitative estimate of drug-likeness (QED) is 0.744. The highest BCUT2D eigenvalue weighted by molar-refractivity contribution is 5.05. The first-order chi connectivity index (χ1) is 5.68. The highest BCUT2D eigenvalue weighted by Crippen LogP contribution is 2.41. The lowest BCUT2D eigenvalue weighted by atomic mass is 9.95. The molecule has 1 saturated carbocycles. The highest BCUT2D eigenvalue weighted by atomic mass is 16.3. The van der Waals surface area contributed by atoms with Gasteiger partial charge in [0.15, 0.2) is 0 Å². The van der Waals surface area contributed by atoms with Gasteiger partial charge in [0.25, 0.3) is 0 Å². The van der Waals surface area contributed by atoms with E-state index in [0.29, 0.717) is 12.3 Å². The molecule has 0 aromatic carbocycles. The minimum atomic E-state index is -0.558. The van der Waals surface area contributed by atoms with Crippen molar-refractivity contribution in [1.82, 2.24) is 0 Å². The summed E-state index contributed by atoms with van der Waals surface area (Å²) >= 11 is 0. The zero-order valence-corrected chi connectivity index (χ0v) is 7.29. The van der Waals surface area contributed by atoms with E-state index in [1.807, 2.05) is 19.1 Å². The van der Waals surface area contributed by atoms with Gasteiger partial charge in [-0.2, -0.15) is 0 Å². The second-order valence-electron chi connectivity index (χ2n) is 3.89. The molecule has 0 aliphatic heterocycles. The van der Waals surface area contributed by atoms with Crippen LogP contribution in [0.3, 0.4) is 0 Å². The van der Waals surface area contributed by atoms with Gasteiger partial charge in [0, 0.05) is 6.42 Å². The number of aliphatic hydroxyl groups is 1. The van der Waals surface area contributed by atoms with Crippen molar-refractivity contribution in [2.75, 3.05) is 0 Å². The zero-order valence-electron chi connectivity index (χ0n) is 7.29. The van der Waals surface area contributed by atoms with E-state index < -0.39 is 5.60 Å². The van der Waals surface area contributed by atoms with Crippen LogP contribution in [-0.4, -0.2) is 10.7 Å².